The van der Waals surface area contributed by atoms with E-state index in [1.807, 2.05) is 53.4 Å². The van der Waals surface area contributed by atoms with Gasteiger partial charge < -0.3 is 5.73 Å². The van der Waals surface area contributed by atoms with Gasteiger partial charge in [-0.3, -0.25) is 14.9 Å². The lowest BCUT2D eigenvalue weighted by molar-refractivity contribution is 0.531. The van der Waals surface area contributed by atoms with E-state index in [0.29, 0.717) is 11.5 Å². The first kappa shape index (κ1) is 20.6. The van der Waals surface area contributed by atoms with Crippen LogP contribution in [0.5, 0.6) is 0 Å². The summed E-state index contributed by atoms with van der Waals surface area (Å²) in [5.41, 5.74) is 10.2. The molecule has 2 aromatic carbocycles. The predicted molar refractivity (Wildman–Crippen MR) is 124 cm³/mol. The zero-order valence-corrected chi connectivity index (χ0v) is 17.6. The third kappa shape index (κ3) is 3.33. The normalized spacial score (nSPS) is 19.5. The zero-order valence-electron chi connectivity index (χ0n) is 16.8. The maximum Gasteiger partial charge on any atom is 0.198 e. The summed E-state index contributed by atoms with van der Waals surface area (Å²) in [6, 6.07) is 22.0. The van der Waals surface area contributed by atoms with E-state index in [4.69, 9.17) is 15.7 Å². The van der Waals surface area contributed by atoms with Crippen LogP contribution in [0.25, 0.3) is 11.1 Å². The molecule has 2 aliphatic heterocycles. The summed E-state index contributed by atoms with van der Waals surface area (Å²) in [5, 5.41) is 9.28. The number of guanidine groups is 1. The first-order chi connectivity index (χ1) is 14.7. The number of amidine groups is 1. The minimum absolute atomic E-state index is 0. The Kier molecular flexibility index (Phi) is 5.45. The average molecular weight is 429 g/mol. The summed E-state index contributed by atoms with van der Waals surface area (Å²) in [4.78, 5) is 16.1. The molecule has 5 rings (SSSR count). The lowest BCUT2D eigenvalue weighted by atomic mass is 9.81. The zero-order chi connectivity index (χ0) is 20.6. The van der Waals surface area contributed by atoms with Gasteiger partial charge in [-0.2, -0.15) is 5.26 Å². The molecule has 1 unspecified atom stereocenters. The molecule has 31 heavy (non-hydrogen) atoms. The minimum Gasteiger partial charge on any atom is -0.369 e. The van der Waals surface area contributed by atoms with E-state index in [9.17, 15) is 5.26 Å². The lowest BCUT2D eigenvalue weighted by Gasteiger charge is -2.33. The molecular weight excluding hydrogens is 408 g/mol. The van der Waals surface area contributed by atoms with E-state index in [2.05, 4.69) is 23.2 Å². The second-order valence-electron chi connectivity index (χ2n) is 7.40. The van der Waals surface area contributed by atoms with Gasteiger partial charge in [-0.15, -0.1) is 12.4 Å². The summed E-state index contributed by atoms with van der Waals surface area (Å²) in [6.07, 6.45) is 4.50. The molecule has 3 heterocycles. The van der Waals surface area contributed by atoms with Crippen molar-refractivity contribution in [3.63, 3.8) is 0 Å². The van der Waals surface area contributed by atoms with Crippen molar-refractivity contribution < 1.29 is 0 Å². The largest absolute Gasteiger partial charge is 0.369 e. The highest BCUT2D eigenvalue weighted by molar-refractivity contribution is 6.12. The molecule has 1 aromatic heterocycles. The van der Waals surface area contributed by atoms with E-state index in [1.54, 1.807) is 12.4 Å². The number of nitriles is 1. The Morgan fingerprint density at radius 3 is 2.48 bits per heavy atom. The lowest BCUT2D eigenvalue weighted by Crippen LogP contribution is -2.46. The molecule has 3 aromatic rings. The summed E-state index contributed by atoms with van der Waals surface area (Å²) >= 11 is 0. The molecule has 154 valence electrons. The minimum atomic E-state index is -0.809. The Morgan fingerprint density at radius 1 is 0.968 bits per heavy atom. The van der Waals surface area contributed by atoms with Gasteiger partial charge >= 0.3 is 0 Å². The highest BCUT2D eigenvalue weighted by atomic mass is 35.5. The fourth-order valence-corrected chi connectivity index (χ4v) is 4.26. The first-order valence-electron chi connectivity index (χ1n) is 9.92. The summed E-state index contributed by atoms with van der Waals surface area (Å²) < 4.78 is 0. The third-order valence-corrected chi connectivity index (χ3v) is 5.64. The molecule has 0 spiro atoms. The van der Waals surface area contributed by atoms with E-state index < -0.39 is 5.54 Å². The second kappa shape index (κ2) is 8.21. The van der Waals surface area contributed by atoms with Crippen LogP contribution < -0.4 is 5.73 Å². The molecule has 6 nitrogen and oxygen atoms in total. The van der Waals surface area contributed by atoms with Crippen LogP contribution in [0, 0.1) is 11.3 Å². The number of hydrogen-bond acceptors (Lipinski definition) is 6. The monoisotopic (exact) mass is 428 g/mol. The molecular formula is C24H21ClN6. The molecule has 0 amide bonds. The number of nitrogens with two attached hydrogens (primary N) is 1. The van der Waals surface area contributed by atoms with Crippen LogP contribution in [0.3, 0.4) is 0 Å². The number of pyridine rings is 1. The number of rotatable bonds is 3. The van der Waals surface area contributed by atoms with Gasteiger partial charge in [0.1, 0.15) is 5.84 Å². The number of fused-ring (bicyclic) bond motifs is 1. The van der Waals surface area contributed by atoms with Crippen molar-refractivity contribution in [1.82, 2.24) is 9.88 Å². The molecule has 1 atom stereocenters. The first-order valence-corrected chi connectivity index (χ1v) is 9.92. The van der Waals surface area contributed by atoms with Gasteiger partial charge in [-0.1, -0.05) is 30.3 Å². The molecule has 7 heteroatoms. The van der Waals surface area contributed by atoms with Crippen LogP contribution in [-0.4, -0.2) is 34.8 Å². The van der Waals surface area contributed by atoms with Gasteiger partial charge in [0.2, 0.25) is 0 Å². The number of benzene rings is 2. The predicted octanol–water partition coefficient (Wildman–Crippen LogP) is 3.72. The molecule has 0 aliphatic carbocycles. The van der Waals surface area contributed by atoms with Crippen molar-refractivity contribution in [1.29, 1.82) is 5.26 Å². The third-order valence-electron chi connectivity index (χ3n) is 5.64. The maximum atomic E-state index is 9.28. The van der Waals surface area contributed by atoms with Gasteiger partial charge in [0, 0.05) is 25.5 Å². The Hall–Kier alpha value is -3.69. The molecule has 0 bridgehead atoms. The number of nitrogens with zero attached hydrogens (tertiary/aromatic N) is 5. The number of halogens is 1. The molecule has 0 saturated carbocycles. The number of aromatic nitrogens is 1. The van der Waals surface area contributed by atoms with Crippen molar-refractivity contribution in [2.75, 3.05) is 13.1 Å². The van der Waals surface area contributed by atoms with Crippen molar-refractivity contribution in [2.24, 2.45) is 15.7 Å². The molecule has 2 aliphatic rings. The van der Waals surface area contributed by atoms with Crippen molar-refractivity contribution >= 4 is 24.2 Å². The maximum absolute atomic E-state index is 9.28. The Balaban J connectivity index is 0.00000231. The van der Waals surface area contributed by atoms with Gasteiger partial charge in [0.15, 0.2) is 11.5 Å². The van der Waals surface area contributed by atoms with E-state index >= 15 is 0 Å². The smallest absolute Gasteiger partial charge is 0.198 e. The molecule has 2 N–H and O–H groups in total. The topological polar surface area (TPSA) is 90.7 Å². The quantitative estimate of drug-likeness (QED) is 0.688. The van der Waals surface area contributed by atoms with Crippen LogP contribution in [0.2, 0.25) is 0 Å². The molecule has 0 saturated heterocycles. The van der Waals surface area contributed by atoms with Crippen molar-refractivity contribution in [2.45, 2.75) is 12.0 Å². The summed E-state index contributed by atoms with van der Waals surface area (Å²) in [6.45, 7) is 1.57. The fraction of sp³-hybridized carbons (Fsp3) is 0.167. The van der Waals surface area contributed by atoms with Crippen LogP contribution in [0.4, 0.5) is 0 Å². The highest BCUT2D eigenvalue weighted by Crippen LogP contribution is 2.42. The van der Waals surface area contributed by atoms with E-state index in [0.717, 1.165) is 47.6 Å². The number of hydrogen-bond donors (Lipinski definition) is 1. The van der Waals surface area contributed by atoms with Gasteiger partial charge in [-0.05, 0) is 59.0 Å². The van der Waals surface area contributed by atoms with E-state index in [1.165, 1.54) is 0 Å². The molecule has 0 fully saturated rings. The van der Waals surface area contributed by atoms with Crippen LogP contribution >= 0.6 is 12.4 Å². The Morgan fingerprint density at radius 2 is 1.71 bits per heavy atom. The van der Waals surface area contributed by atoms with Crippen LogP contribution in [0.1, 0.15) is 23.1 Å². The van der Waals surface area contributed by atoms with Gasteiger partial charge in [0.25, 0.3) is 0 Å². The highest BCUT2D eigenvalue weighted by Gasteiger charge is 2.49. The summed E-state index contributed by atoms with van der Waals surface area (Å²) in [5.74, 6) is 1.35. The second-order valence-corrected chi connectivity index (χ2v) is 7.40. The SMILES string of the molecule is Cl.N#Cc1cccc(-c2cccc(C3(c4ccncc4)N=C(N)N4CCCN=C43)c2)c1. The Bertz CT molecular complexity index is 1210. The summed E-state index contributed by atoms with van der Waals surface area (Å²) in [7, 11) is 0. The van der Waals surface area contributed by atoms with Gasteiger partial charge in [-0.25, -0.2) is 4.99 Å². The van der Waals surface area contributed by atoms with Crippen molar-refractivity contribution in [3.8, 4) is 17.2 Å². The van der Waals surface area contributed by atoms with E-state index in [-0.39, 0.29) is 12.4 Å². The fourth-order valence-electron chi connectivity index (χ4n) is 4.26. The standard InChI is InChI=1S/C24H20N6.ClH/c25-16-17-4-1-5-18(14-17)19-6-2-7-21(15-19)24(20-8-11-27-12-9-20)22-28-10-3-13-30(22)23(26)29-24;/h1-2,4-9,11-12,14-15H,3,10,13H2,(H2,26,29);1H. The van der Waals surface area contributed by atoms with Crippen LogP contribution in [0.15, 0.2) is 83.0 Å². The number of aliphatic imine (C=N–C) groups is 2. The Labute approximate surface area is 187 Å². The van der Waals surface area contributed by atoms with Crippen LogP contribution in [-0.2, 0) is 5.54 Å². The van der Waals surface area contributed by atoms with Gasteiger partial charge in [0.05, 0.1) is 11.6 Å². The molecule has 0 radical (unpaired) electrons. The average Bonchev–Trinajstić information content (AvgIpc) is 3.13. The van der Waals surface area contributed by atoms with Crippen molar-refractivity contribution in [3.05, 3.63) is 89.7 Å².